The first-order valence-electron chi connectivity index (χ1n) is 9.05. The zero-order chi connectivity index (χ0) is 18.0. The van der Waals surface area contributed by atoms with Crippen molar-refractivity contribution in [2.45, 2.75) is 37.8 Å². The van der Waals surface area contributed by atoms with Crippen LogP contribution in [0.15, 0.2) is 18.2 Å². The first-order chi connectivity index (χ1) is 12.0. The Balaban J connectivity index is 1.66. The van der Waals surface area contributed by atoms with Crippen molar-refractivity contribution < 1.29 is 9.59 Å². The molecule has 0 radical (unpaired) electrons. The summed E-state index contributed by atoms with van der Waals surface area (Å²) in [7, 11) is 6.11. The monoisotopic (exact) mass is 344 g/mol. The van der Waals surface area contributed by atoms with Crippen molar-refractivity contribution in [3.05, 3.63) is 29.3 Å². The molecule has 0 bridgehead atoms. The van der Waals surface area contributed by atoms with Gasteiger partial charge in [0.2, 0.25) is 0 Å². The van der Waals surface area contributed by atoms with Crippen LogP contribution in [0.2, 0.25) is 0 Å². The number of likely N-dealkylation sites (N-methyl/N-ethyl adjacent to an activating group) is 1. The van der Waals surface area contributed by atoms with Gasteiger partial charge in [-0.1, -0.05) is 12.1 Å². The molecule has 1 aliphatic carbocycles. The number of fused-ring (bicyclic) bond motifs is 1. The quantitative estimate of drug-likeness (QED) is 0.784. The number of nitrogens with zero attached hydrogens (tertiary/aromatic N) is 2. The Kier molecular flexibility index (Phi) is 5.27. The van der Waals surface area contributed by atoms with Crippen molar-refractivity contribution in [3.63, 3.8) is 0 Å². The van der Waals surface area contributed by atoms with Gasteiger partial charge in [-0.15, -0.1) is 0 Å². The minimum atomic E-state index is -0.545. The van der Waals surface area contributed by atoms with Crippen molar-refractivity contribution in [1.29, 1.82) is 0 Å². The van der Waals surface area contributed by atoms with Crippen molar-refractivity contribution in [1.82, 2.24) is 15.5 Å². The molecule has 0 aromatic heterocycles. The third-order valence-electron chi connectivity index (χ3n) is 5.04. The van der Waals surface area contributed by atoms with E-state index in [-0.39, 0.29) is 12.1 Å². The maximum absolute atomic E-state index is 12.0. The number of hydrogen-bond acceptors (Lipinski definition) is 4. The SMILES string of the molecule is CN1CCCc2cc([C@H](CNC(=O)C(=O)NC3CC3)N(C)C)ccc21. The number of amides is 2. The molecule has 25 heavy (non-hydrogen) atoms. The first kappa shape index (κ1) is 17.7. The molecule has 1 heterocycles. The third kappa shape index (κ3) is 4.31. The van der Waals surface area contributed by atoms with E-state index < -0.39 is 11.8 Å². The number of aryl methyl sites for hydroxylation is 1. The highest BCUT2D eigenvalue weighted by Crippen LogP contribution is 2.29. The Morgan fingerprint density at radius 1 is 1.28 bits per heavy atom. The van der Waals surface area contributed by atoms with E-state index in [1.807, 2.05) is 14.1 Å². The maximum Gasteiger partial charge on any atom is 0.309 e. The number of benzene rings is 1. The topological polar surface area (TPSA) is 64.7 Å². The van der Waals surface area contributed by atoms with E-state index in [4.69, 9.17) is 0 Å². The number of rotatable bonds is 5. The lowest BCUT2D eigenvalue weighted by Gasteiger charge is -2.30. The highest BCUT2D eigenvalue weighted by molar-refractivity contribution is 6.35. The molecule has 1 atom stereocenters. The molecule has 2 aliphatic rings. The second kappa shape index (κ2) is 7.44. The minimum Gasteiger partial charge on any atom is -0.374 e. The lowest BCUT2D eigenvalue weighted by atomic mass is 9.96. The van der Waals surface area contributed by atoms with Crippen LogP contribution < -0.4 is 15.5 Å². The van der Waals surface area contributed by atoms with Gasteiger partial charge in [-0.2, -0.15) is 0 Å². The Hall–Kier alpha value is -2.08. The lowest BCUT2D eigenvalue weighted by molar-refractivity contribution is -0.139. The van der Waals surface area contributed by atoms with Gasteiger partial charge in [-0.05, 0) is 57.0 Å². The van der Waals surface area contributed by atoms with Crippen LogP contribution in [0.5, 0.6) is 0 Å². The van der Waals surface area contributed by atoms with E-state index in [0.29, 0.717) is 6.54 Å². The summed E-state index contributed by atoms with van der Waals surface area (Å²) in [6.45, 7) is 1.51. The molecule has 0 saturated heterocycles. The van der Waals surface area contributed by atoms with E-state index in [1.54, 1.807) is 0 Å². The van der Waals surface area contributed by atoms with Crippen LogP contribution in [-0.2, 0) is 16.0 Å². The van der Waals surface area contributed by atoms with Crippen LogP contribution in [0.4, 0.5) is 5.69 Å². The van der Waals surface area contributed by atoms with Crippen LogP contribution in [0.3, 0.4) is 0 Å². The van der Waals surface area contributed by atoms with Gasteiger partial charge < -0.3 is 20.4 Å². The Morgan fingerprint density at radius 2 is 2.04 bits per heavy atom. The van der Waals surface area contributed by atoms with Crippen molar-refractivity contribution >= 4 is 17.5 Å². The molecule has 0 unspecified atom stereocenters. The van der Waals surface area contributed by atoms with E-state index >= 15 is 0 Å². The average molecular weight is 344 g/mol. The predicted octanol–water partition coefficient (Wildman–Crippen LogP) is 1.07. The first-order valence-corrected chi connectivity index (χ1v) is 9.05. The Morgan fingerprint density at radius 3 is 2.72 bits per heavy atom. The molecule has 6 heteroatoms. The summed E-state index contributed by atoms with van der Waals surface area (Å²) in [5, 5.41) is 5.50. The molecule has 1 aromatic rings. The molecule has 2 amide bonds. The van der Waals surface area contributed by atoms with Crippen LogP contribution in [0.1, 0.15) is 36.4 Å². The van der Waals surface area contributed by atoms with E-state index in [1.165, 1.54) is 16.8 Å². The number of carbonyl (C=O) groups is 2. The molecular formula is C19H28N4O2. The van der Waals surface area contributed by atoms with Crippen LogP contribution in [-0.4, -0.2) is 57.0 Å². The lowest BCUT2D eigenvalue weighted by Crippen LogP contribution is -2.43. The van der Waals surface area contributed by atoms with Gasteiger partial charge in [0.05, 0.1) is 6.04 Å². The number of hydrogen-bond donors (Lipinski definition) is 2. The second-order valence-corrected chi connectivity index (χ2v) is 7.35. The normalized spacial score (nSPS) is 17.8. The standard InChI is InChI=1S/C19H28N4O2/c1-22(2)17(12-20-18(24)19(25)21-15-7-8-15)14-6-9-16-13(11-14)5-4-10-23(16)3/h6,9,11,15,17H,4-5,7-8,10,12H2,1-3H3,(H,20,24)(H,21,25)/t17-/m0/s1. The van der Waals surface area contributed by atoms with Crippen molar-refractivity contribution in [2.75, 3.05) is 39.1 Å². The van der Waals surface area contributed by atoms with E-state index in [2.05, 4.69) is 45.7 Å². The van der Waals surface area contributed by atoms with Crippen LogP contribution in [0, 0.1) is 0 Å². The van der Waals surface area contributed by atoms with Crippen LogP contribution in [0.25, 0.3) is 0 Å². The Bertz CT molecular complexity index is 655. The van der Waals surface area contributed by atoms with Gasteiger partial charge in [0.15, 0.2) is 0 Å². The van der Waals surface area contributed by atoms with Gasteiger partial charge in [0.25, 0.3) is 0 Å². The predicted molar refractivity (Wildman–Crippen MR) is 98.6 cm³/mol. The van der Waals surface area contributed by atoms with Gasteiger partial charge >= 0.3 is 11.8 Å². The zero-order valence-corrected chi connectivity index (χ0v) is 15.3. The number of anilines is 1. The smallest absolute Gasteiger partial charge is 0.309 e. The molecule has 6 nitrogen and oxygen atoms in total. The van der Waals surface area contributed by atoms with Crippen molar-refractivity contribution in [3.8, 4) is 0 Å². The molecule has 0 spiro atoms. The fourth-order valence-corrected chi connectivity index (χ4v) is 3.36. The van der Waals surface area contributed by atoms with E-state index in [0.717, 1.165) is 32.2 Å². The molecule has 1 aliphatic heterocycles. The zero-order valence-electron chi connectivity index (χ0n) is 15.3. The molecular weight excluding hydrogens is 316 g/mol. The summed E-state index contributed by atoms with van der Waals surface area (Å²) in [6, 6.07) is 6.77. The summed E-state index contributed by atoms with van der Waals surface area (Å²) in [5.74, 6) is -1.07. The molecule has 136 valence electrons. The number of carbonyl (C=O) groups excluding carboxylic acids is 2. The highest BCUT2D eigenvalue weighted by atomic mass is 16.2. The Labute approximate surface area is 149 Å². The fraction of sp³-hybridized carbons (Fsp3) is 0.579. The fourth-order valence-electron chi connectivity index (χ4n) is 3.36. The van der Waals surface area contributed by atoms with Gasteiger partial charge in [0, 0.05) is 31.9 Å². The summed E-state index contributed by atoms with van der Waals surface area (Å²) >= 11 is 0. The summed E-state index contributed by atoms with van der Waals surface area (Å²) in [5.41, 5.74) is 3.82. The highest BCUT2D eigenvalue weighted by Gasteiger charge is 2.27. The van der Waals surface area contributed by atoms with Gasteiger partial charge in [-0.3, -0.25) is 9.59 Å². The minimum absolute atomic E-state index is 0.0372. The average Bonchev–Trinajstić information content (AvgIpc) is 3.38. The maximum atomic E-state index is 12.0. The molecule has 1 fully saturated rings. The van der Waals surface area contributed by atoms with Crippen molar-refractivity contribution in [2.24, 2.45) is 0 Å². The summed E-state index contributed by atoms with van der Waals surface area (Å²) in [6.07, 6.45) is 4.20. The summed E-state index contributed by atoms with van der Waals surface area (Å²) < 4.78 is 0. The largest absolute Gasteiger partial charge is 0.374 e. The molecule has 1 aromatic carbocycles. The summed E-state index contributed by atoms with van der Waals surface area (Å²) in [4.78, 5) is 28.2. The number of nitrogens with one attached hydrogen (secondary N) is 2. The third-order valence-corrected chi connectivity index (χ3v) is 5.04. The van der Waals surface area contributed by atoms with Gasteiger partial charge in [-0.25, -0.2) is 0 Å². The van der Waals surface area contributed by atoms with E-state index in [9.17, 15) is 9.59 Å². The molecule has 1 saturated carbocycles. The molecule has 3 rings (SSSR count). The second-order valence-electron chi connectivity index (χ2n) is 7.35. The van der Waals surface area contributed by atoms with Crippen LogP contribution >= 0.6 is 0 Å². The van der Waals surface area contributed by atoms with Gasteiger partial charge in [0.1, 0.15) is 0 Å². The molecule has 2 N–H and O–H groups in total.